The number of rotatable bonds is 8. The van der Waals surface area contributed by atoms with Gasteiger partial charge in [-0.2, -0.15) is 0 Å². The number of nitrogens with zero attached hydrogens (tertiary/aromatic N) is 1. The van der Waals surface area contributed by atoms with Crippen LogP contribution in [0.25, 0.3) is 20.9 Å². The molecule has 0 bridgehead atoms. The normalized spacial score (nSPS) is 14.2. The molecule has 2 aromatic carbocycles. The Morgan fingerprint density at radius 2 is 1.75 bits per heavy atom. The number of pyridine rings is 1. The Balaban J connectivity index is 1.50. The molecule has 1 fully saturated rings. The second kappa shape index (κ2) is 10.5. The van der Waals surface area contributed by atoms with Gasteiger partial charge in [-0.3, -0.25) is 4.98 Å². The van der Waals surface area contributed by atoms with Gasteiger partial charge in [0.05, 0.1) is 18.8 Å². The Kier molecular flexibility index (Phi) is 7.13. The Labute approximate surface area is 217 Å². The maximum atomic E-state index is 10.4. The highest BCUT2D eigenvalue weighted by Gasteiger charge is 2.20. The van der Waals surface area contributed by atoms with E-state index >= 15 is 0 Å². The standard InChI is InChI=1S/C31H33NO3S/c1-31(2,33)25-13-11-22(12-14-25)30-24(19-29(36-30)23-7-6-16-32-20-23)17-21-10-15-27(34-3)28(18-21)35-26-8-4-5-9-26/h6-7,10-16,18-20,26,33H,4-5,8-9,17H2,1-3H3. The predicted molar refractivity (Wildman–Crippen MR) is 147 cm³/mol. The zero-order valence-electron chi connectivity index (χ0n) is 21.2. The first-order valence-electron chi connectivity index (χ1n) is 12.6. The van der Waals surface area contributed by atoms with Crippen molar-refractivity contribution in [3.63, 3.8) is 0 Å². The van der Waals surface area contributed by atoms with E-state index in [4.69, 9.17) is 9.47 Å². The molecule has 0 aliphatic heterocycles. The average Bonchev–Trinajstić information content (AvgIpc) is 3.55. The largest absolute Gasteiger partial charge is 0.493 e. The minimum Gasteiger partial charge on any atom is -0.493 e. The third-order valence-electron chi connectivity index (χ3n) is 6.83. The van der Waals surface area contributed by atoms with E-state index in [1.165, 1.54) is 33.7 Å². The SMILES string of the molecule is COc1ccc(Cc2cc(-c3cccnc3)sc2-c2ccc(C(C)(C)O)cc2)cc1OC1CCCC1. The first-order valence-corrected chi connectivity index (χ1v) is 13.4. The molecule has 1 aliphatic carbocycles. The number of methoxy groups -OCH3 is 1. The maximum absolute atomic E-state index is 10.4. The van der Waals surface area contributed by atoms with Crippen LogP contribution in [-0.4, -0.2) is 23.3 Å². The number of hydrogen-bond donors (Lipinski definition) is 1. The van der Waals surface area contributed by atoms with Crippen LogP contribution in [0.1, 0.15) is 56.2 Å². The number of aliphatic hydroxyl groups is 1. The molecule has 0 atom stereocenters. The molecule has 0 saturated heterocycles. The van der Waals surface area contributed by atoms with Crippen LogP contribution in [0.5, 0.6) is 11.5 Å². The highest BCUT2D eigenvalue weighted by atomic mass is 32.1. The predicted octanol–water partition coefficient (Wildman–Crippen LogP) is 7.63. The molecule has 5 heteroatoms. The fourth-order valence-corrected chi connectivity index (χ4v) is 5.99. The van der Waals surface area contributed by atoms with E-state index in [2.05, 4.69) is 41.4 Å². The maximum Gasteiger partial charge on any atom is 0.161 e. The van der Waals surface area contributed by atoms with Crippen molar-refractivity contribution in [1.82, 2.24) is 4.98 Å². The first kappa shape index (κ1) is 24.5. The Morgan fingerprint density at radius 1 is 0.972 bits per heavy atom. The van der Waals surface area contributed by atoms with Gasteiger partial charge in [-0.25, -0.2) is 0 Å². The van der Waals surface area contributed by atoms with Crippen LogP contribution in [0, 0.1) is 0 Å². The molecule has 5 rings (SSSR count). The highest BCUT2D eigenvalue weighted by Crippen LogP contribution is 2.40. The monoisotopic (exact) mass is 499 g/mol. The van der Waals surface area contributed by atoms with Gasteiger partial charge in [0, 0.05) is 27.7 Å². The van der Waals surface area contributed by atoms with E-state index in [0.29, 0.717) is 0 Å². The summed E-state index contributed by atoms with van der Waals surface area (Å²) in [7, 11) is 1.70. The molecule has 0 spiro atoms. The van der Waals surface area contributed by atoms with Crippen LogP contribution in [0.3, 0.4) is 0 Å². The van der Waals surface area contributed by atoms with Crippen LogP contribution in [0.15, 0.2) is 73.1 Å². The summed E-state index contributed by atoms with van der Waals surface area (Å²) in [6.07, 6.45) is 9.45. The average molecular weight is 500 g/mol. The van der Waals surface area contributed by atoms with Crippen LogP contribution < -0.4 is 9.47 Å². The van der Waals surface area contributed by atoms with E-state index in [-0.39, 0.29) is 6.10 Å². The minimum atomic E-state index is -0.865. The summed E-state index contributed by atoms with van der Waals surface area (Å²) < 4.78 is 12.0. The molecule has 0 radical (unpaired) electrons. The fourth-order valence-electron chi connectivity index (χ4n) is 4.81. The fraction of sp³-hybridized carbons (Fsp3) is 0.323. The molecular formula is C31H33NO3S. The van der Waals surface area contributed by atoms with Crippen molar-refractivity contribution in [2.75, 3.05) is 7.11 Å². The highest BCUT2D eigenvalue weighted by molar-refractivity contribution is 7.19. The van der Waals surface area contributed by atoms with E-state index in [0.717, 1.165) is 47.5 Å². The summed E-state index contributed by atoms with van der Waals surface area (Å²) >= 11 is 1.78. The van der Waals surface area contributed by atoms with Gasteiger partial charge >= 0.3 is 0 Å². The van der Waals surface area contributed by atoms with Crippen molar-refractivity contribution in [3.8, 4) is 32.4 Å². The summed E-state index contributed by atoms with van der Waals surface area (Å²) in [5.74, 6) is 1.62. The van der Waals surface area contributed by atoms with Crippen molar-refractivity contribution < 1.29 is 14.6 Å². The number of benzene rings is 2. The number of aromatic nitrogens is 1. The van der Waals surface area contributed by atoms with Crippen molar-refractivity contribution in [1.29, 1.82) is 0 Å². The number of thiophene rings is 1. The zero-order valence-corrected chi connectivity index (χ0v) is 22.0. The lowest BCUT2D eigenvalue weighted by Crippen LogP contribution is -2.14. The molecule has 36 heavy (non-hydrogen) atoms. The van der Waals surface area contributed by atoms with Crippen molar-refractivity contribution in [3.05, 3.63) is 89.7 Å². The molecule has 4 aromatic rings. The van der Waals surface area contributed by atoms with Crippen molar-refractivity contribution in [2.24, 2.45) is 0 Å². The van der Waals surface area contributed by atoms with Gasteiger partial charge < -0.3 is 14.6 Å². The quantitative estimate of drug-likeness (QED) is 0.271. The zero-order chi connectivity index (χ0) is 25.1. The van der Waals surface area contributed by atoms with Crippen molar-refractivity contribution in [2.45, 2.75) is 57.7 Å². The molecule has 0 amide bonds. The van der Waals surface area contributed by atoms with Gasteiger partial charge in [0.2, 0.25) is 0 Å². The topological polar surface area (TPSA) is 51.6 Å². The molecule has 2 aromatic heterocycles. The van der Waals surface area contributed by atoms with E-state index in [1.807, 2.05) is 44.3 Å². The van der Waals surface area contributed by atoms with E-state index in [1.54, 1.807) is 24.6 Å². The Morgan fingerprint density at radius 3 is 2.42 bits per heavy atom. The molecule has 1 aliphatic rings. The van der Waals surface area contributed by atoms with Gasteiger partial charge in [-0.1, -0.05) is 36.4 Å². The first-order chi connectivity index (χ1) is 17.4. The number of hydrogen-bond acceptors (Lipinski definition) is 5. The summed E-state index contributed by atoms with van der Waals surface area (Å²) in [6, 6.07) is 20.9. The lowest BCUT2D eigenvalue weighted by Gasteiger charge is -2.18. The van der Waals surface area contributed by atoms with Gasteiger partial charge in [-0.05, 0) is 92.5 Å². The second-order valence-electron chi connectivity index (χ2n) is 10.0. The van der Waals surface area contributed by atoms with Gasteiger partial charge in [0.25, 0.3) is 0 Å². The van der Waals surface area contributed by atoms with Crippen LogP contribution in [0.2, 0.25) is 0 Å². The third-order valence-corrected chi connectivity index (χ3v) is 8.10. The van der Waals surface area contributed by atoms with E-state index < -0.39 is 5.60 Å². The minimum absolute atomic E-state index is 0.275. The van der Waals surface area contributed by atoms with Gasteiger partial charge in [-0.15, -0.1) is 11.3 Å². The molecule has 0 unspecified atom stereocenters. The van der Waals surface area contributed by atoms with Crippen molar-refractivity contribution >= 4 is 11.3 Å². The molecule has 186 valence electrons. The molecule has 2 heterocycles. The third kappa shape index (κ3) is 5.48. The summed E-state index contributed by atoms with van der Waals surface area (Å²) in [4.78, 5) is 6.74. The smallest absolute Gasteiger partial charge is 0.161 e. The molecule has 4 nitrogen and oxygen atoms in total. The van der Waals surface area contributed by atoms with Crippen LogP contribution in [-0.2, 0) is 12.0 Å². The summed E-state index contributed by atoms with van der Waals surface area (Å²) in [6.45, 7) is 3.63. The van der Waals surface area contributed by atoms with Gasteiger partial charge in [0.15, 0.2) is 11.5 Å². The lowest BCUT2D eigenvalue weighted by atomic mass is 9.95. The molecule has 1 saturated carbocycles. The summed E-state index contributed by atoms with van der Waals surface area (Å²) in [5, 5.41) is 10.4. The lowest BCUT2D eigenvalue weighted by molar-refractivity contribution is 0.0786. The van der Waals surface area contributed by atoms with Crippen LogP contribution >= 0.6 is 11.3 Å². The summed E-state index contributed by atoms with van der Waals surface area (Å²) in [5.41, 5.74) is 4.75. The van der Waals surface area contributed by atoms with E-state index in [9.17, 15) is 5.11 Å². The Hall–Kier alpha value is -3.15. The van der Waals surface area contributed by atoms with Crippen LogP contribution in [0.4, 0.5) is 0 Å². The Bertz CT molecular complexity index is 1300. The number of ether oxygens (including phenoxy) is 2. The molecule has 1 N–H and O–H groups in total. The van der Waals surface area contributed by atoms with Gasteiger partial charge in [0.1, 0.15) is 0 Å². The molecular weight excluding hydrogens is 466 g/mol. The second-order valence-corrected chi connectivity index (χ2v) is 11.1.